The van der Waals surface area contributed by atoms with Crippen molar-refractivity contribution in [3.63, 3.8) is 0 Å². The minimum absolute atomic E-state index is 0. The minimum Gasteiger partial charge on any atom is -0.492 e. The van der Waals surface area contributed by atoms with Gasteiger partial charge >= 0.3 is 0 Å². The molecule has 0 saturated carbocycles. The maximum atomic E-state index is 12.2. The molecule has 0 bridgehead atoms. The number of carbonyl (C=O) groups is 1. The van der Waals surface area contributed by atoms with Crippen molar-refractivity contribution in [3.8, 4) is 5.75 Å². The maximum absolute atomic E-state index is 12.2. The zero-order valence-corrected chi connectivity index (χ0v) is 16.2. The molecule has 0 radical (unpaired) electrons. The lowest BCUT2D eigenvalue weighted by Crippen LogP contribution is -2.49. The Morgan fingerprint density at radius 2 is 2.00 bits per heavy atom. The highest BCUT2D eigenvalue weighted by Gasteiger charge is 2.28. The lowest BCUT2D eigenvalue weighted by molar-refractivity contribution is -0.126. The zero-order chi connectivity index (χ0) is 15.9. The Bertz CT molecular complexity index is 496. The van der Waals surface area contributed by atoms with Gasteiger partial charge in [-0.15, -0.1) is 24.8 Å². The van der Waals surface area contributed by atoms with E-state index in [-0.39, 0.29) is 36.6 Å². The number of carbonyl (C=O) groups excluding carboxylic acids is 1. The van der Waals surface area contributed by atoms with E-state index < -0.39 is 0 Å². The first-order valence-electron chi connectivity index (χ1n) is 7.91. The van der Waals surface area contributed by atoms with E-state index in [0.717, 1.165) is 30.9 Å². The Kier molecular flexibility index (Phi) is 11.0. The molecule has 1 aromatic rings. The van der Waals surface area contributed by atoms with E-state index in [1.807, 2.05) is 45.3 Å². The number of amides is 1. The third kappa shape index (κ3) is 6.85. The molecule has 1 aliphatic rings. The zero-order valence-electron chi connectivity index (χ0n) is 14.6. The number of ether oxygens (including phenoxy) is 1. The van der Waals surface area contributed by atoms with Crippen LogP contribution in [0.2, 0.25) is 0 Å². The van der Waals surface area contributed by atoms with Gasteiger partial charge in [-0.3, -0.25) is 4.79 Å². The van der Waals surface area contributed by atoms with E-state index in [1.165, 1.54) is 0 Å². The molecule has 2 rings (SSSR count). The summed E-state index contributed by atoms with van der Waals surface area (Å²) in [5.41, 5.74) is 1.02. The van der Waals surface area contributed by atoms with E-state index in [4.69, 9.17) is 4.74 Å². The van der Waals surface area contributed by atoms with Gasteiger partial charge in [0.15, 0.2) is 0 Å². The normalized spacial score (nSPS) is 14.8. The smallest absolute Gasteiger partial charge is 0.223 e. The summed E-state index contributed by atoms with van der Waals surface area (Å²) in [5.74, 6) is 1.49. The van der Waals surface area contributed by atoms with Crippen LogP contribution in [0, 0.1) is 11.8 Å². The Balaban J connectivity index is 0.00000264. The van der Waals surface area contributed by atoms with Crippen LogP contribution < -0.4 is 15.4 Å². The van der Waals surface area contributed by atoms with Gasteiger partial charge in [-0.1, -0.05) is 25.1 Å². The van der Waals surface area contributed by atoms with E-state index in [2.05, 4.69) is 15.5 Å². The lowest BCUT2D eigenvalue weighted by Gasteiger charge is -2.31. The van der Waals surface area contributed by atoms with Crippen molar-refractivity contribution < 1.29 is 9.53 Å². The van der Waals surface area contributed by atoms with Crippen LogP contribution in [-0.2, 0) is 11.3 Å². The summed E-state index contributed by atoms with van der Waals surface area (Å²) in [4.78, 5) is 14.3. The van der Waals surface area contributed by atoms with Crippen LogP contribution in [0.25, 0.3) is 0 Å². The van der Waals surface area contributed by atoms with Crippen molar-refractivity contribution in [2.45, 2.75) is 13.5 Å². The van der Waals surface area contributed by atoms with Gasteiger partial charge in [0, 0.05) is 24.6 Å². The summed E-state index contributed by atoms with van der Waals surface area (Å²) in [5, 5.41) is 6.24. The van der Waals surface area contributed by atoms with Crippen LogP contribution in [0.4, 0.5) is 0 Å². The minimum atomic E-state index is 0. The van der Waals surface area contributed by atoms with Gasteiger partial charge < -0.3 is 20.3 Å². The fraction of sp³-hybridized carbons (Fsp3) is 0.588. The quantitative estimate of drug-likeness (QED) is 0.726. The summed E-state index contributed by atoms with van der Waals surface area (Å²) >= 11 is 0. The number of hydrogen-bond acceptors (Lipinski definition) is 4. The van der Waals surface area contributed by atoms with Crippen molar-refractivity contribution in [2.75, 3.05) is 40.3 Å². The first kappa shape index (κ1) is 23.0. The predicted octanol–water partition coefficient (Wildman–Crippen LogP) is 1.94. The fourth-order valence-electron chi connectivity index (χ4n) is 2.35. The average molecular weight is 378 g/mol. The fourth-order valence-corrected chi connectivity index (χ4v) is 2.35. The number of benzene rings is 1. The number of nitrogens with one attached hydrogen (secondary N) is 2. The summed E-state index contributed by atoms with van der Waals surface area (Å²) in [6, 6.07) is 7.88. The lowest BCUT2D eigenvalue weighted by atomic mass is 9.88. The van der Waals surface area contributed by atoms with Crippen LogP contribution in [0.15, 0.2) is 24.3 Å². The van der Waals surface area contributed by atoms with Crippen molar-refractivity contribution in [1.82, 2.24) is 15.5 Å². The molecule has 1 unspecified atom stereocenters. The molecule has 1 aromatic carbocycles. The van der Waals surface area contributed by atoms with E-state index in [1.54, 1.807) is 0 Å². The summed E-state index contributed by atoms with van der Waals surface area (Å²) in [7, 11) is 4.04. The monoisotopic (exact) mass is 377 g/mol. The molecule has 5 nitrogen and oxygen atoms in total. The van der Waals surface area contributed by atoms with E-state index >= 15 is 0 Å². The van der Waals surface area contributed by atoms with Gasteiger partial charge in [0.1, 0.15) is 12.4 Å². The molecule has 138 valence electrons. The summed E-state index contributed by atoms with van der Waals surface area (Å²) in [6.07, 6.45) is 0. The van der Waals surface area contributed by atoms with Gasteiger partial charge in [0.2, 0.25) is 5.91 Å². The summed E-state index contributed by atoms with van der Waals surface area (Å²) < 4.78 is 5.82. The molecule has 1 atom stereocenters. The molecule has 1 aliphatic heterocycles. The average Bonchev–Trinajstić information content (AvgIpc) is 2.43. The van der Waals surface area contributed by atoms with Gasteiger partial charge in [0.05, 0.1) is 0 Å². The van der Waals surface area contributed by atoms with Crippen LogP contribution in [0.1, 0.15) is 12.5 Å². The van der Waals surface area contributed by atoms with E-state index in [9.17, 15) is 4.79 Å². The second kappa shape index (κ2) is 11.5. The van der Waals surface area contributed by atoms with Crippen molar-refractivity contribution in [3.05, 3.63) is 29.8 Å². The number of hydrogen-bond donors (Lipinski definition) is 2. The Morgan fingerprint density at radius 3 is 2.58 bits per heavy atom. The maximum Gasteiger partial charge on any atom is 0.223 e. The third-order valence-corrected chi connectivity index (χ3v) is 4.16. The molecule has 1 heterocycles. The van der Waals surface area contributed by atoms with Crippen LogP contribution in [0.3, 0.4) is 0 Å². The number of para-hydroxylation sites is 1. The molecule has 7 heteroatoms. The third-order valence-electron chi connectivity index (χ3n) is 4.16. The van der Waals surface area contributed by atoms with Gasteiger partial charge in [0.25, 0.3) is 0 Å². The first-order chi connectivity index (χ1) is 10.6. The number of nitrogens with zero attached hydrogens (tertiary/aromatic N) is 1. The second-order valence-electron chi connectivity index (χ2n) is 6.18. The van der Waals surface area contributed by atoms with Crippen molar-refractivity contribution in [1.29, 1.82) is 0 Å². The second-order valence-corrected chi connectivity index (χ2v) is 6.18. The van der Waals surface area contributed by atoms with Gasteiger partial charge in [-0.05, 0) is 39.2 Å². The highest BCUT2D eigenvalue weighted by atomic mass is 35.5. The topological polar surface area (TPSA) is 53.6 Å². The van der Waals surface area contributed by atoms with Crippen molar-refractivity contribution >= 4 is 30.7 Å². The van der Waals surface area contributed by atoms with Crippen molar-refractivity contribution in [2.24, 2.45) is 11.8 Å². The SMILES string of the molecule is CC(C(=O)NCc1ccccc1OCCN(C)C)C1CNC1.Cl.Cl. The molecule has 1 saturated heterocycles. The molecule has 24 heavy (non-hydrogen) atoms. The molecule has 0 aromatic heterocycles. The number of likely N-dealkylation sites (N-methyl/N-ethyl adjacent to an activating group) is 1. The van der Waals surface area contributed by atoms with Crippen LogP contribution >= 0.6 is 24.8 Å². The highest BCUT2D eigenvalue weighted by molar-refractivity contribution is 5.85. The molecular formula is C17H29Cl2N3O2. The molecule has 1 amide bonds. The largest absolute Gasteiger partial charge is 0.492 e. The highest BCUT2D eigenvalue weighted by Crippen LogP contribution is 2.19. The Hall–Kier alpha value is -1.01. The first-order valence-corrected chi connectivity index (χ1v) is 7.91. The van der Waals surface area contributed by atoms with Gasteiger partial charge in [-0.2, -0.15) is 0 Å². The molecule has 0 spiro atoms. The number of rotatable bonds is 8. The molecule has 1 fully saturated rings. The van der Waals surface area contributed by atoms with Crippen LogP contribution in [-0.4, -0.2) is 51.1 Å². The standard InChI is InChI=1S/C17H27N3O2.2ClH/c1-13(15-10-18-11-15)17(21)19-12-14-6-4-5-7-16(14)22-9-8-20(2)3;;/h4-7,13,15,18H,8-12H2,1-3H3,(H,19,21);2*1H. The molecular weight excluding hydrogens is 349 g/mol. The molecule has 0 aliphatic carbocycles. The van der Waals surface area contributed by atoms with E-state index in [0.29, 0.717) is 19.1 Å². The Morgan fingerprint density at radius 1 is 1.33 bits per heavy atom. The predicted molar refractivity (Wildman–Crippen MR) is 102 cm³/mol. The number of halogens is 2. The van der Waals surface area contributed by atoms with Crippen LogP contribution in [0.5, 0.6) is 5.75 Å². The summed E-state index contributed by atoms with van der Waals surface area (Å²) in [6.45, 7) is 5.91. The molecule has 2 N–H and O–H groups in total. The Labute approximate surface area is 157 Å². The van der Waals surface area contributed by atoms with Gasteiger partial charge in [-0.25, -0.2) is 0 Å².